The summed E-state index contributed by atoms with van der Waals surface area (Å²) in [5.74, 6) is -0.362. The summed E-state index contributed by atoms with van der Waals surface area (Å²) >= 11 is 0. The molecule has 0 aromatic heterocycles. The molecular weight excluding hydrogens is 340 g/mol. The Kier molecular flexibility index (Phi) is 5.43. The lowest BCUT2D eigenvalue weighted by atomic mass is 9.94. The Hall–Kier alpha value is -2.19. The number of aliphatic hydroxyl groups is 3. The summed E-state index contributed by atoms with van der Waals surface area (Å²) in [6, 6.07) is 10.2. The highest BCUT2D eigenvalue weighted by Gasteiger charge is 2.41. The summed E-state index contributed by atoms with van der Waals surface area (Å²) < 4.78 is 11.2. The highest BCUT2D eigenvalue weighted by atomic mass is 16.5. The predicted octanol–water partition coefficient (Wildman–Crippen LogP) is 1.18. The SMILES string of the molecule is C[C@H]1O[C@@H](CCOc2ccc3cc(C(=O)O)ccc3c2)[C@H](O)[C@@H](O)[C@H]1O. The van der Waals surface area contributed by atoms with Gasteiger partial charge in [-0.15, -0.1) is 0 Å². The maximum Gasteiger partial charge on any atom is 0.335 e. The highest BCUT2D eigenvalue weighted by Crippen LogP contribution is 2.25. The van der Waals surface area contributed by atoms with E-state index in [1.807, 2.05) is 0 Å². The fourth-order valence-corrected chi connectivity index (χ4v) is 3.11. The van der Waals surface area contributed by atoms with Gasteiger partial charge in [-0.05, 0) is 42.0 Å². The van der Waals surface area contributed by atoms with Gasteiger partial charge in [0.1, 0.15) is 24.1 Å². The normalized spacial score (nSPS) is 28.8. The van der Waals surface area contributed by atoms with E-state index in [2.05, 4.69) is 0 Å². The van der Waals surface area contributed by atoms with Crippen LogP contribution in [0.5, 0.6) is 5.75 Å². The van der Waals surface area contributed by atoms with Crippen LogP contribution in [0.3, 0.4) is 0 Å². The van der Waals surface area contributed by atoms with Crippen molar-refractivity contribution in [3.8, 4) is 5.75 Å². The number of aromatic carboxylic acids is 1. The Morgan fingerprint density at radius 1 is 1.04 bits per heavy atom. The van der Waals surface area contributed by atoms with Crippen molar-refractivity contribution in [3.63, 3.8) is 0 Å². The maximum absolute atomic E-state index is 11.0. The van der Waals surface area contributed by atoms with Gasteiger partial charge in [-0.2, -0.15) is 0 Å². The predicted molar refractivity (Wildman–Crippen MR) is 93.4 cm³/mol. The molecule has 4 N–H and O–H groups in total. The lowest BCUT2D eigenvalue weighted by Gasteiger charge is -2.39. The summed E-state index contributed by atoms with van der Waals surface area (Å²) in [5.41, 5.74) is 0.226. The second kappa shape index (κ2) is 7.59. The van der Waals surface area contributed by atoms with Crippen molar-refractivity contribution < 1.29 is 34.7 Å². The number of aliphatic hydroxyl groups excluding tert-OH is 3. The summed E-state index contributed by atoms with van der Waals surface area (Å²) in [7, 11) is 0. The van der Waals surface area contributed by atoms with Crippen LogP contribution in [-0.4, -0.2) is 63.5 Å². The summed E-state index contributed by atoms with van der Waals surface area (Å²) in [5, 5.41) is 40.2. The average Bonchev–Trinajstić information content (AvgIpc) is 2.63. The molecule has 26 heavy (non-hydrogen) atoms. The smallest absolute Gasteiger partial charge is 0.335 e. The average molecular weight is 362 g/mol. The topological polar surface area (TPSA) is 116 Å². The first-order valence-electron chi connectivity index (χ1n) is 8.46. The molecule has 7 heteroatoms. The Balaban J connectivity index is 1.61. The molecule has 0 amide bonds. The van der Waals surface area contributed by atoms with Crippen LogP contribution < -0.4 is 4.74 Å². The van der Waals surface area contributed by atoms with Gasteiger partial charge in [0.2, 0.25) is 0 Å². The summed E-state index contributed by atoms with van der Waals surface area (Å²) in [6.45, 7) is 1.90. The van der Waals surface area contributed by atoms with Gasteiger partial charge in [-0.3, -0.25) is 0 Å². The number of ether oxygens (including phenoxy) is 2. The quantitative estimate of drug-likeness (QED) is 0.631. The first-order valence-corrected chi connectivity index (χ1v) is 8.46. The standard InChI is InChI=1S/C19H22O7/c1-10-16(20)18(22)17(21)15(26-10)6-7-25-14-5-4-11-8-13(19(23)24)3-2-12(11)9-14/h2-5,8-10,15-18,20-22H,6-7H2,1H3,(H,23,24)/t10-,15+,16+,17+,18+/m1/s1. The van der Waals surface area contributed by atoms with Crippen molar-refractivity contribution in [3.05, 3.63) is 42.0 Å². The van der Waals surface area contributed by atoms with Crippen molar-refractivity contribution >= 4 is 16.7 Å². The molecule has 0 saturated carbocycles. The van der Waals surface area contributed by atoms with E-state index in [9.17, 15) is 20.1 Å². The second-order valence-corrected chi connectivity index (χ2v) is 6.52. The molecular formula is C19H22O7. The third-order valence-electron chi connectivity index (χ3n) is 4.68. The van der Waals surface area contributed by atoms with E-state index in [0.29, 0.717) is 12.2 Å². The number of rotatable bonds is 5. The van der Waals surface area contributed by atoms with Crippen LogP contribution in [0.2, 0.25) is 0 Å². The third kappa shape index (κ3) is 3.81. The van der Waals surface area contributed by atoms with E-state index >= 15 is 0 Å². The number of hydrogen-bond acceptors (Lipinski definition) is 6. The van der Waals surface area contributed by atoms with E-state index in [4.69, 9.17) is 14.6 Å². The molecule has 0 unspecified atom stereocenters. The number of benzene rings is 2. The third-order valence-corrected chi connectivity index (χ3v) is 4.68. The Morgan fingerprint density at radius 2 is 1.73 bits per heavy atom. The van der Waals surface area contributed by atoms with Crippen molar-refractivity contribution in [2.75, 3.05) is 6.61 Å². The monoisotopic (exact) mass is 362 g/mol. The van der Waals surface area contributed by atoms with Crippen LogP contribution in [0.4, 0.5) is 0 Å². The fourth-order valence-electron chi connectivity index (χ4n) is 3.11. The van der Waals surface area contributed by atoms with Crippen molar-refractivity contribution in [2.24, 2.45) is 0 Å². The molecule has 3 rings (SSSR count). The van der Waals surface area contributed by atoms with Crippen molar-refractivity contribution in [1.29, 1.82) is 0 Å². The fraction of sp³-hybridized carbons (Fsp3) is 0.421. The molecule has 7 nitrogen and oxygen atoms in total. The minimum Gasteiger partial charge on any atom is -0.493 e. The largest absolute Gasteiger partial charge is 0.493 e. The first kappa shape index (κ1) is 18.6. The molecule has 0 spiro atoms. The summed E-state index contributed by atoms with van der Waals surface area (Å²) in [4.78, 5) is 11.0. The molecule has 0 bridgehead atoms. The van der Waals surface area contributed by atoms with Crippen LogP contribution in [-0.2, 0) is 4.74 Å². The Bertz CT molecular complexity index is 791. The molecule has 1 fully saturated rings. The van der Waals surface area contributed by atoms with Crippen LogP contribution in [0, 0.1) is 0 Å². The zero-order chi connectivity index (χ0) is 18.8. The number of carboxylic acid groups (broad SMARTS) is 1. The molecule has 140 valence electrons. The van der Waals surface area contributed by atoms with Gasteiger partial charge in [0.15, 0.2) is 0 Å². The molecule has 0 radical (unpaired) electrons. The van der Waals surface area contributed by atoms with Gasteiger partial charge in [0.25, 0.3) is 0 Å². The molecule has 1 saturated heterocycles. The van der Waals surface area contributed by atoms with E-state index < -0.39 is 36.5 Å². The van der Waals surface area contributed by atoms with Gasteiger partial charge < -0.3 is 29.9 Å². The lowest BCUT2D eigenvalue weighted by molar-refractivity contribution is -0.219. The van der Waals surface area contributed by atoms with E-state index in [-0.39, 0.29) is 12.2 Å². The number of hydrogen-bond donors (Lipinski definition) is 4. The minimum absolute atomic E-state index is 0.226. The summed E-state index contributed by atoms with van der Waals surface area (Å²) in [6.07, 6.45) is -4.36. The zero-order valence-electron chi connectivity index (χ0n) is 14.3. The van der Waals surface area contributed by atoms with E-state index in [1.54, 1.807) is 37.3 Å². The number of fused-ring (bicyclic) bond motifs is 1. The molecule has 1 heterocycles. The minimum atomic E-state index is -1.24. The van der Waals surface area contributed by atoms with Gasteiger partial charge in [0, 0.05) is 6.42 Å². The van der Waals surface area contributed by atoms with E-state index in [0.717, 1.165) is 10.8 Å². The van der Waals surface area contributed by atoms with E-state index in [1.165, 1.54) is 6.07 Å². The van der Waals surface area contributed by atoms with Crippen LogP contribution >= 0.6 is 0 Å². The van der Waals surface area contributed by atoms with Crippen LogP contribution in [0.1, 0.15) is 23.7 Å². The molecule has 5 atom stereocenters. The number of carboxylic acids is 1. The van der Waals surface area contributed by atoms with Gasteiger partial charge >= 0.3 is 5.97 Å². The highest BCUT2D eigenvalue weighted by molar-refractivity contribution is 5.94. The maximum atomic E-state index is 11.0. The van der Waals surface area contributed by atoms with Crippen molar-refractivity contribution in [2.45, 2.75) is 43.9 Å². The Morgan fingerprint density at radius 3 is 2.46 bits per heavy atom. The van der Waals surface area contributed by atoms with Gasteiger partial charge in [-0.25, -0.2) is 4.79 Å². The van der Waals surface area contributed by atoms with Gasteiger partial charge in [-0.1, -0.05) is 12.1 Å². The van der Waals surface area contributed by atoms with Crippen LogP contribution in [0.25, 0.3) is 10.8 Å². The zero-order valence-corrected chi connectivity index (χ0v) is 14.3. The molecule has 1 aliphatic heterocycles. The lowest BCUT2D eigenvalue weighted by Crippen LogP contribution is -2.56. The molecule has 2 aromatic carbocycles. The Labute approximate surface area is 150 Å². The molecule has 1 aliphatic rings. The molecule has 0 aliphatic carbocycles. The van der Waals surface area contributed by atoms with Crippen LogP contribution in [0.15, 0.2) is 36.4 Å². The first-order chi connectivity index (χ1) is 12.4. The van der Waals surface area contributed by atoms with Gasteiger partial charge in [0.05, 0.1) is 24.4 Å². The molecule has 2 aromatic rings. The van der Waals surface area contributed by atoms with Crippen molar-refractivity contribution in [1.82, 2.24) is 0 Å². The number of carbonyl (C=O) groups is 1. The second-order valence-electron chi connectivity index (χ2n) is 6.52.